The van der Waals surface area contributed by atoms with Crippen LogP contribution >= 0.6 is 0 Å². The molecule has 0 radical (unpaired) electrons. The van der Waals surface area contributed by atoms with Gasteiger partial charge >= 0.3 is 0 Å². The molecule has 0 aliphatic rings. The molecule has 1 aromatic carbocycles. The van der Waals surface area contributed by atoms with Gasteiger partial charge in [0.05, 0.1) is 18.7 Å². The highest BCUT2D eigenvalue weighted by Gasteiger charge is 2.22. The van der Waals surface area contributed by atoms with Crippen molar-refractivity contribution >= 4 is 22.5 Å². The average molecular weight is 391 g/mol. The number of hydrogen-bond acceptors (Lipinski definition) is 4. The number of methoxy groups -OCH3 is 1. The minimum atomic E-state index is -0.212. The molecule has 3 heterocycles. The van der Waals surface area contributed by atoms with E-state index in [0.29, 0.717) is 5.92 Å². The Hall–Kier alpha value is -3.35. The Bertz CT molecular complexity index is 1140. The highest BCUT2D eigenvalue weighted by Crippen LogP contribution is 2.26. The minimum Gasteiger partial charge on any atom is -0.496 e. The first-order valence-electron chi connectivity index (χ1n) is 9.77. The zero-order valence-corrected chi connectivity index (χ0v) is 16.9. The van der Waals surface area contributed by atoms with E-state index in [9.17, 15) is 4.79 Å². The van der Waals surface area contributed by atoms with Crippen LogP contribution in [-0.4, -0.2) is 32.2 Å². The van der Waals surface area contributed by atoms with Crippen LogP contribution in [0.15, 0.2) is 54.9 Å². The van der Waals surface area contributed by atoms with E-state index in [1.165, 1.54) is 0 Å². The first-order valence-corrected chi connectivity index (χ1v) is 9.77. The maximum atomic E-state index is 12.9. The van der Waals surface area contributed by atoms with Crippen LogP contribution in [0.25, 0.3) is 16.6 Å². The van der Waals surface area contributed by atoms with Gasteiger partial charge in [0.1, 0.15) is 12.3 Å². The summed E-state index contributed by atoms with van der Waals surface area (Å²) in [4.78, 5) is 12.9. The first kappa shape index (κ1) is 19.0. The van der Waals surface area contributed by atoms with Crippen molar-refractivity contribution < 1.29 is 9.53 Å². The van der Waals surface area contributed by atoms with Crippen molar-refractivity contribution in [1.29, 1.82) is 0 Å². The normalized spacial score (nSPS) is 12.6. The zero-order chi connectivity index (χ0) is 20.4. The van der Waals surface area contributed by atoms with Gasteiger partial charge in [0.25, 0.3) is 0 Å². The molecule has 0 aliphatic carbocycles. The monoisotopic (exact) mass is 391 g/mol. The van der Waals surface area contributed by atoms with E-state index in [1.54, 1.807) is 7.11 Å². The molecule has 7 heteroatoms. The van der Waals surface area contributed by atoms with Gasteiger partial charge in [-0.15, -0.1) is 10.2 Å². The van der Waals surface area contributed by atoms with Crippen LogP contribution in [0, 0.1) is 5.92 Å². The fourth-order valence-electron chi connectivity index (χ4n) is 3.70. The predicted octanol–water partition coefficient (Wildman–Crippen LogP) is 3.60. The lowest BCUT2D eigenvalue weighted by Gasteiger charge is -2.19. The molecule has 0 spiro atoms. The van der Waals surface area contributed by atoms with Crippen LogP contribution in [0.2, 0.25) is 0 Å². The van der Waals surface area contributed by atoms with Gasteiger partial charge in [-0.05, 0) is 42.7 Å². The molecule has 7 nitrogen and oxygen atoms in total. The third kappa shape index (κ3) is 3.81. The van der Waals surface area contributed by atoms with Gasteiger partial charge < -0.3 is 14.6 Å². The number of carbonyl (C=O) groups is 1. The minimum absolute atomic E-state index is 0.0661. The Morgan fingerprint density at radius 3 is 2.76 bits per heavy atom. The number of pyridine rings is 1. The third-order valence-electron chi connectivity index (χ3n) is 5.00. The number of ether oxygens (including phenoxy) is 1. The molecule has 150 valence electrons. The van der Waals surface area contributed by atoms with Gasteiger partial charge in [-0.1, -0.05) is 26.0 Å². The van der Waals surface area contributed by atoms with E-state index in [1.807, 2.05) is 63.8 Å². The van der Waals surface area contributed by atoms with Crippen molar-refractivity contribution in [1.82, 2.24) is 24.5 Å². The highest BCUT2D eigenvalue weighted by molar-refractivity contribution is 5.88. The fourth-order valence-corrected chi connectivity index (χ4v) is 3.70. The maximum absolute atomic E-state index is 12.9. The molecule has 0 saturated heterocycles. The lowest BCUT2D eigenvalue weighted by Crippen LogP contribution is -2.33. The summed E-state index contributed by atoms with van der Waals surface area (Å²) in [6.45, 7) is 4.49. The van der Waals surface area contributed by atoms with Crippen molar-refractivity contribution in [3.8, 4) is 5.75 Å². The number of aromatic nitrogens is 4. The van der Waals surface area contributed by atoms with Gasteiger partial charge in [-0.25, -0.2) is 0 Å². The van der Waals surface area contributed by atoms with Crippen LogP contribution in [0.5, 0.6) is 5.75 Å². The third-order valence-corrected chi connectivity index (χ3v) is 5.00. The van der Waals surface area contributed by atoms with Crippen molar-refractivity contribution in [2.75, 3.05) is 7.11 Å². The van der Waals surface area contributed by atoms with Gasteiger partial charge in [-0.2, -0.15) is 0 Å². The van der Waals surface area contributed by atoms with Crippen molar-refractivity contribution in [2.45, 2.75) is 32.9 Å². The number of fused-ring (bicyclic) bond motifs is 2. The smallest absolute Gasteiger partial charge is 0.240 e. The van der Waals surface area contributed by atoms with E-state index in [4.69, 9.17) is 4.74 Å². The Balaban J connectivity index is 1.58. The average Bonchev–Trinajstić information content (AvgIpc) is 3.31. The summed E-state index contributed by atoms with van der Waals surface area (Å²) in [5, 5.41) is 12.7. The number of benzene rings is 1. The number of amides is 1. The molecule has 4 rings (SSSR count). The van der Waals surface area contributed by atoms with Crippen LogP contribution < -0.4 is 10.1 Å². The molecular weight excluding hydrogens is 366 g/mol. The predicted molar refractivity (Wildman–Crippen MR) is 112 cm³/mol. The number of nitrogens with zero attached hydrogens (tertiary/aromatic N) is 4. The van der Waals surface area contributed by atoms with Crippen LogP contribution in [-0.2, 0) is 11.3 Å². The molecule has 0 saturated carbocycles. The molecule has 0 fully saturated rings. The second-order valence-electron chi connectivity index (χ2n) is 7.57. The van der Waals surface area contributed by atoms with Gasteiger partial charge in [0, 0.05) is 17.8 Å². The quantitative estimate of drug-likeness (QED) is 0.522. The fraction of sp³-hybridized carbons (Fsp3) is 0.318. The Kier molecular flexibility index (Phi) is 5.20. The second kappa shape index (κ2) is 7.95. The number of nitrogens with one attached hydrogen (secondary N) is 1. The maximum Gasteiger partial charge on any atom is 0.240 e. The summed E-state index contributed by atoms with van der Waals surface area (Å²) in [6, 6.07) is 13.4. The Morgan fingerprint density at radius 2 is 1.97 bits per heavy atom. The first-order chi connectivity index (χ1) is 14.1. The number of carbonyl (C=O) groups excluding carboxylic acids is 1. The molecule has 29 heavy (non-hydrogen) atoms. The molecular formula is C22H25N5O2. The zero-order valence-electron chi connectivity index (χ0n) is 16.9. The SMILES string of the molecule is COc1cccc2c1ccn2CC(=O)N[C@H](CC(C)C)c1nnc2ccccn12. The Labute approximate surface area is 169 Å². The molecule has 1 N–H and O–H groups in total. The summed E-state index contributed by atoms with van der Waals surface area (Å²) in [7, 11) is 1.65. The van der Waals surface area contributed by atoms with Crippen molar-refractivity contribution in [3.63, 3.8) is 0 Å². The second-order valence-corrected chi connectivity index (χ2v) is 7.57. The molecule has 0 bridgehead atoms. The molecule has 1 atom stereocenters. The summed E-state index contributed by atoms with van der Waals surface area (Å²) in [5.74, 6) is 1.88. The van der Waals surface area contributed by atoms with E-state index >= 15 is 0 Å². The van der Waals surface area contributed by atoms with Gasteiger partial charge in [0.2, 0.25) is 5.91 Å². The molecule has 3 aromatic heterocycles. The Morgan fingerprint density at radius 1 is 1.10 bits per heavy atom. The van der Waals surface area contributed by atoms with Crippen molar-refractivity contribution in [2.24, 2.45) is 5.92 Å². The van der Waals surface area contributed by atoms with Crippen LogP contribution in [0.4, 0.5) is 0 Å². The standard InChI is InChI=1S/C22H25N5O2/c1-15(2)13-17(22-25-24-20-9-4-5-11-27(20)22)23-21(28)14-26-12-10-16-18(26)7-6-8-19(16)29-3/h4-12,15,17H,13-14H2,1-3H3,(H,23,28)/t17-/m1/s1. The van der Waals surface area contributed by atoms with E-state index < -0.39 is 0 Å². The van der Waals surface area contributed by atoms with Crippen LogP contribution in [0.3, 0.4) is 0 Å². The molecule has 0 aliphatic heterocycles. The van der Waals surface area contributed by atoms with E-state index in [-0.39, 0.29) is 18.5 Å². The van der Waals surface area contributed by atoms with E-state index in [0.717, 1.165) is 34.5 Å². The molecule has 1 amide bonds. The summed E-state index contributed by atoms with van der Waals surface area (Å²) < 4.78 is 9.28. The van der Waals surface area contributed by atoms with Gasteiger partial charge in [-0.3, -0.25) is 9.20 Å². The number of hydrogen-bond donors (Lipinski definition) is 1. The van der Waals surface area contributed by atoms with E-state index in [2.05, 4.69) is 29.4 Å². The molecule has 0 unspecified atom stereocenters. The highest BCUT2D eigenvalue weighted by atomic mass is 16.5. The van der Waals surface area contributed by atoms with Gasteiger partial charge in [0.15, 0.2) is 11.5 Å². The van der Waals surface area contributed by atoms with Crippen LogP contribution in [0.1, 0.15) is 32.1 Å². The topological polar surface area (TPSA) is 73.4 Å². The lowest BCUT2D eigenvalue weighted by atomic mass is 10.0. The number of rotatable bonds is 7. The summed E-state index contributed by atoms with van der Waals surface area (Å²) in [5.41, 5.74) is 1.74. The summed E-state index contributed by atoms with van der Waals surface area (Å²) >= 11 is 0. The summed E-state index contributed by atoms with van der Waals surface area (Å²) in [6.07, 6.45) is 4.62. The van der Waals surface area contributed by atoms with Crippen molar-refractivity contribution in [3.05, 3.63) is 60.7 Å². The largest absolute Gasteiger partial charge is 0.496 e. The lowest BCUT2D eigenvalue weighted by molar-refractivity contribution is -0.122. The molecule has 4 aromatic rings.